The summed E-state index contributed by atoms with van der Waals surface area (Å²) in [7, 11) is 0. The molecule has 1 aliphatic carbocycles. The van der Waals surface area contributed by atoms with Crippen LogP contribution in [0.1, 0.15) is 26.2 Å². The minimum Gasteiger partial charge on any atom is -0.387 e. The van der Waals surface area contributed by atoms with E-state index in [2.05, 4.69) is 6.92 Å². The lowest BCUT2D eigenvalue weighted by Crippen LogP contribution is -2.47. The molecule has 0 unspecified atom stereocenters. The highest BCUT2D eigenvalue weighted by molar-refractivity contribution is 4.88. The zero-order valence-electron chi connectivity index (χ0n) is 7.45. The molecule has 2 rings (SSSR count). The lowest BCUT2D eigenvalue weighted by Gasteiger charge is -2.38. The van der Waals surface area contributed by atoms with E-state index in [9.17, 15) is 5.11 Å². The van der Waals surface area contributed by atoms with E-state index in [1.54, 1.807) is 0 Å². The van der Waals surface area contributed by atoms with Gasteiger partial charge in [0.1, 0.15) is 6.10 Å². The minimum atomic E-state index is -0.632. The van der Waals surface area contributed by atoms with Gasteiger partial charge >= 0.3 is 0 Å². The molecule has 2 aliphatic rings. The molecular weight excluding hydrogens is 156 g/mol. The van der Waals surface area contributed by atoms with Crippen LogP contribution in [0.4, 0.5) is 0 Å². The summed E-state index contributed by atoms with van der Waals surface area (Å²) in [5.74, 6) is -0.0367. The predicted molar refractivity (Wildman–Crippen MR) is 43.7 cm³/mol. The maximum atomic E-state index is 9.78. The zero-order chi connectivity index (χ0) is 8.60. The average molecular weight is 172 g/mol. The van der Waals surface area contributed by atoms with Gasteiger partial charge in [-0.3, -0.25) is 0 Å². The molecule has 0 aromatic rings. The minimum absolute atomic E-state index is 0.427. The van der Waals surface area contributed by atoms with E-state index in [0.717, 1.165) is 19.3 Å². The summed E-state index contributed by atoms with van der Waals surface area (Å²) in [5.41, 5.74) is 0. The van der Waals surface area contributed by atoms with Crippen molar-refractivity contribution in [3.05, 3.63) is 0 Å². The van der Waals surface area contributed by atoms with E-state index < -0.39 is 11.9 Å². The smallest absolute Gasteiger partial charge is 0.194 e. The third-order valence-corrected chi connectivity index (χ3v) is 2.90. The van der Waals surface area contributed by atoms with Crippen LogP contribution in [0.15, 0.2) is 0 Å². The summed E-state index contributed by atoms with van der Waals surface area (Å²) in [5, 5.41) is 9.78. The fraction of sp³-hybridized carbons (Fsp3) is 1.00. The molecule has 1 saturated carbocycles. The summed E-state index contributed by atoms with van der Waals surface area (Å²) >= 11 is 0. The number of rotatable bonds is 0. The third-order valence-electron chi connectivity index (χ3n) is 2.90. The van der Waals surface area contributed by atoms with E-state index in [1.807, 2.05) is 0 Å². The van der Waals surface area contributed by atoms with E-state index in [4.69, 9.17) is 9.47 Å². The second-order valence-corrected chi connectivity index (χ2v) is 3.90. The van der Waals surface area contributed by atoms with Crippen LogP contribution in [0, 0.1) is 5.92 Å². The molecule has 1 aliphatic heterocycles. The monoisotopic (exact) mass is 172 g/mol. The van der Waals surface area contributed by atoms with Crippen LogP contribution < -0.4 is 0 Å². The topological polar surface area (TPSA) is 38.7 Å². The standard InChI is InChI=1S/C9H16O3/c1-7-2-3-9(8(10)6-7)11-4-5-12-9/h7-8,10H,2-6H2,1H3/t7-,8-/m1/s1. The first-order chi connectivity index (χ1) is 5.73. The van der Waals surface area contributed by atoms with Crippen molar-refractivity contribution in [2.75, 3.05) is 13.2 Å². The maximum Gasteiger partial charge on any atom is 0.194 e. The molecule has 0 bridgehead atoms. The highest BCUT2D eigenvalue weighted by Gasteiger charge is 2.46. The van der Waals surface area contributed by atoms with Crippen molar-refractivity contribution in [2.24, 2.45) is 5.92 Å². The van der Waals surface area contributed by atoms with Gasteiger partial charge in [-0.25, -0.2) is 0 Å². The Labute approximate surface area is 72.7 Å². The largest absolute Gasteiger partial charge is 0.387 e. The van der Waals surface area contributed by atoms with Crippen LogP contribution in [0.2, 0.25) is 0 Å². The highest BCUT2D eigenvalue weighted by Crippen LogP contribution is 2.38. The van der Waals surface area contributed by atoms with Gasteiger partial charge in [0.2, 0.25) is 0 Å². The number of hydrogen-bond donors (Lipinski definition) is 1. The Morgan fingerprint density at radius 3 is 2.58 bits per heavy atom. The van der Waals surface area contributed by atoms with Crippen molar-refractivity contribution in [2.45, 2.75) is 38.1 Å². The Morgan fingerprint density at radius 2 is 2.00 bits per heavy atom. The first kappa shape index (κ1) is 8.48. The summed E-state index contributed by atoms with van der Waals surface area (Å²) in [6, 6.07) is 0. The molecule has 0 aromatic heterocycles. The molecule has 0 amide bonds. The Balaban J connectivity index is 2.05. The highest BCUT2D eigenvalue weighted by atomic mass is 16.7. The molecule has 12 heavy (non-hydrogen) atoms. The second-order valence-electron chi connectivity index (χ2n) is 3.90. The fourth-order valence-electron chi connectivity index (χ4n) is 2.10. The molecule has 2 fully saturated rings. The molecule has 1 N–H and O–H groups in total. The number of aliphatic hydroxyl groups is 1. The normalized spacial score (nSPS) is 40.5. The Morgan fingerprint density at radius 1 is 1.33 bits per heavy atom. The van der Waals surface area contributed by atoms with Gasteiger partial charge in [-0.15, -0.1) is 0 Å². The van der Waals surface area contributed by atoms with E-state index >= 15 is 0 Å². The quantitative estimate of drug-likeness (QED) is 0.590. The van der Waals surface area contributed by atoms with Crippen LogP contribution in [0.5, 0.6) is 0 Å². The molecule has 1 heterocycles. The van der Waals surface area contributed by atoms with Gasteiger partial charge in [0.25, 0.3) is 0 Å². The molecule has 2 atom stereocenters. The van der Waals surface area contributed by atoms with Gasteiger partial charge < -0.3 is 14.6 Å². The molecule has 0 aromatic carbocycles. The number of aliphatic hydroxyl groups excluding tert-OH is 1. The van der Waals surface area contributed by atoms with Crippen molar-refractivity contribution >= 4 is 0 Å². The Hall–Kier alpha value is -0.120. The van der Waals surface area contributed by atoms with Crippen molar-refractivity contribution in [1.82, 2.24) is 0 Å². The molecule has 3 heteroatoms. The molecular formula is C9H16O3. The van der Waals surface area contributed by atoms with Crippen molar-refractivity contribution in [3.63, 3.8) is 0 Å². The predicted octanol–water partition coefficient (Wildman–Crippen LogP) is 0.910. The van der Waals surface area contributed by atoms with Crippen molar-refractivity contribution < 1.29 is 14.6 Å². The van der Waals surface area contributed by atoms with Gasteiger partial charge in [0.15, 0.2) is 5.79 Å². The number of ether oxygens (including phenoxy) is 2. The molecule has 1 spiro atoms. The van der Waals surface area contributed by atoms with Crippen LogP contribution in [0.3, 0.4) is 0 Å². The van der Waals surface area contributed by atoms with Crippen LogP contribution in [-0.4, -0.2) is 30.2 Å². The summed E-state index contributed by atoms with van der Waals surface area (Å²) in [4.78, 5) is 0. The van der Waals surface area contributed by atoms with Gasteiger partial charge in [-0.05, 0) is 18.8 Å². The Bertz CT molecular complexity index is 163. The average Bonchev–Trinajstić information content (AvgIpc) is 2.48. The van der Waals surface area contributed by atoms with Crippen molar-refractivity contribution in [3.8, 4) is 0 Å². The summed E-state index contributed by atoms with van der Waals surface area (Å²) in [6.45, 7) is 3.42. The fourth-order valence-corrected chi connectivity index (χ4v) is 2.10. The van der Waals surface area contributed by atoms with E-state index in [1.165, 1.54) is 0 Å². The summed E-state index contributed by atoms with van der Waals surface area (Å²) in [6.07, 6.45) is 2.32. The zero-order valence-corrected chi connectivity index (χ0v) is 7.45. The Kier molecular flexibility index (Phi) is 2.10. The molecule has 3 nitrogen and oxygen atoms in total. The maximum absolute atomic E-state index is 9.78. The second kappa shape index (κ2) is 2.98. The lowest BCUT2D eigenvalue weighted by molar-refractivity contribution is -0.240. The van der Waals surface area contributed by atoms with Crippen LogP contribution >= 0.6 is 0 Å². The van der Waals surface area contributed by atoms with Gasteiger partial charge in [-0.1, -0.05) is 6.92 Å². The molecule has 0 radical (unpaired) electrons. The van der Waals surface area contributed by atoms with Gasteiger partial charge in [0.05, 0.1) is 13.2 Å². The van der Waals surface area contributed by atoms with Crippen LogP contribution in [0.25, 0.3) is 0 Å². The van der Waals surface area contributed by atoms with E-state index in [-0.39, 0.29) is 0 Å². The van der Waals surface area contributed by atoms with E-state index in [0.29, 0.717) is 19.1 Å². The first-order valence-electron chi connectivity index (χ1n) is 4.69. The molecule has 70 valence electrons. The van der Waals surface area contributed by atoms with Crippen LogP contribution in [-0.2, 0) is 9.47 Å². The molecule has 1 saturated heterocycles. The lowest BCUT2D eigenvalue weighted by atomic mass is 9.84. The first-order valence-corrected chi connectivity index (χ1v) is 4.69. The summed E-state index contributed by atoms with van der Waals surface area (Å²) < 4.78 is 10.9. The SMILES string of the molecule is C[C@@H]1CCC2(OCCO2)[C@H](O)C1. The van der Waals surface area contributed by atoms with Crippen molar-refractivity contribution in [1.29, 1.82) is 0 Å². The van der Waals surface area contributed by atoms with Gasteiger partial charge in [-0.2, -0.15) is 0 Å². The third kappa shape index (κ3) is 1.26. The van der Waals surface area contributed by atoms with Gasteiger partial charge in [0, 0.05) is 6.42 Å². The number of hydrogen-bond acceptors (Lipinski definition) is 3.